The van der Waals surface area contributed by atoms with Gasteiger partial charge in [0.25, 0.3) is 0 Å². The van der Waals surface area contributed by atoms with Crippen molar-refractivity contribution in [2.24, 2.45) is 0 Å². The van der Waals surface area contributed by atoms with Gasteiger partial charge in [0.05, 0.1) is 0 Å². The van der Waals surface area contributed by atoms with Crippen LogP contribution in [0.1, 0.15) is 60.7 Å². The third-order valence-electron chi connectivity index (χ3n) is 8.00. The molecular formula is C35H36Ge2O4. The second-order valence-electron chi connectivity index (χ2n) is 11.0. The van der Waals surface area contributed by atoms with Crippen LogP contribution >= 0.6 is 0 Å². The Bertz CT molecular complexity index is 1270. The van der Waals surface area contributed by atoms with Crippen molar-refractivity contribution in [3.8, 4) is 0 Å². The van der Waals surface area contributed by atoms with Crippen LogP contribution in [0.3, 0.4) is 0 Å². The Morgan fingerprint density at radius 1 is 0.390 bits per heavy atom. The summed E-state index contributed by atoms with van der Waals surface area (Å²) >= 11 is -7.46. The molecule has 0 unspecified atom stereocenters. The van der Waals surface area contributed by atoms with Crippen LogP contribution in [0.15, 0.2) is 121 Å². The van der Waals surface area contributed by atoms with Crippen LogP contribution in [0.2, 0.25) is 22.0 Å². The summed E-state index contributed by atoms with van der Waals surface area (Å²) in [4.78, 5) is 55.1. The Morgan fingerprint density at radius 3 is 0.829 bits per heavy atom. The second-order valence-corrected chi connectivity index (χ2v) is 28.1. The van der Waals surface area contributed by atoms with Gasteiger partial charge in [0.1, 0.15) is 0 Å². The van der Waals surface area contributed by atoms with Gasteiger partial charge in [-0.2, -0.15) is 0 Å². The number of hydrogen-bond donors (Lipinski definition) is 0. The molecule has 4 aromatic rings. The molecule has 0 heterocycles. The molecule has 0 atom stereocenters. The van der Waals surface area contributed by atoms with Gasteiger partial charge in [-0.15, -0.1) is 0 Å². The standard InChI is InChI=1S/C35H36Ge2O4/c1-36(32(38)28-18-8-3-9-19-28,33(39)29-20-10-4-11-21-29)26-16-7-17-27-37(2,34(40)30-22-12-5-13-23-30)35(41)31-24-14-6-15-25-31/h3-6,8-15,18-25H,7,16-17,26-27H2,1-2H3. The zero-order chi connectivity index (χ0) is 29.3. The molecule has 0 aromatic heterocycles. The molecule has 4 rings (SSSR count). The maximum atomic E-state index is 13.8. The van der Waals surface area contributed by atoms with Crippen molar-refractivity contribution < 1.29 is 19.2 Å². The quantitative estimate of drug-likeness (QED) is 0.101. The summed E-state index contributed by atoms with van der Waals surface area (Å²) < 4.78 is 0.00170. The molecule has 6 heteroatoms. The summed E-state index contributed by atoms with van der Waals surface area (Å²) in [5.74, 6) is 3.87. The van der Waals surface area contributed by atoms with Crippen LogP contribution in [0.4, 0.5) is 0 Å². The van der Waals surface area contributed by atoms with Crippen molar-refractivity contribution in [2.45, 2.75) is 41.3 Å². The van der Waals surface area contributed by atoms with E-state index in [4.69, 9.17) is 0 Å². The molecule has 0 bridgehead atoms. The van der Waals surface area contributed by atoms with E-state index in [-0.39, 0.29) is 18.5 Å². The average Bonchev–Trinajstić information content (AvgIpc) is 3.04. The Hall–Kier alpha value is -3.35. The van der Waals surface area contributed by atoms with Gasteiger partial charge in [0, 0.05) is 0 Å². The molecule has 0 amide bonds. The second kappa shape index (κ2) is 14.0. The van der Waals surface area contributed by atoms with Gasteiger partial charge in [-0.3, -0.25) is 0 Å². The summed E-state index contributed by atoms with van der Waals surface area (Å²) in [5.41, 5.74) is 2.40. The third-order valence-corrected chi connectivity index (χ3v) is 24.5. The fraction of sp³-hybridized carbons (Fsp3) is 0.200. The van der Waals surface area contributed by atoms with Crippen molar-refractivity contribution >= 4 is 45.0 Å². The monoisotopic (exact) mass is 668 g/mol. The first-order chi connectivity index (χ1) is 19.8. The first kappa shape index (κ1) is 30.6. The normalized spacial score (nSPS) is 11.6. The Balaban J connectivity index is 1.51. The van der Waals surface area contributed by atoms with E-state index in [1.165, 1.54) is 0 Å². The molecule has 4 nitrogen and oxygen atoms in total. The summed E-state index contributed by atoms with van der Waals surface area (Å²) in [6.45, 7) is 0. The SMILES string of the molecule is [CH3][Ge]([CH2]CCC[CH2][Ge]([CH3])([C](=O)c1ccccc1)[C](=O)c1ccccc1)([C](=O)c1ccccc1)[C](=O)c1ccccc1. The molecule has 0 fully saturated rings. The number of carbonyl (C=O) groups is 4. The van der Waals surface area contributed by atoms with E-state index < -0.39 is 26.5 Å². The van der Waals surface area contributed by atoms with Crippen molar-refractivity contribution in [1.82, 2.24) is 0 Å². The van der Waals surface area contributed by atoms with Crippen LogP contribution < -0.4 is 0 Å². The molecule has 4 aromatic carbocycles. The fourth-order valence-electron chi connectivity index (χ4n) is 5.43. The molecule has 208 valence electrons. The van der Waals surface area contributed by atoms with Gasteiger partial charge in [0.15, 0.2) is 0 Å². The van der Waals surface area contributed by atoms with Crippen LogP contribution in [0.25, 0.3) is 0 Å². The third kappa shape index (κ3) is 7.11. The van der Waals surface area contributed by atoms with Gasteiger partial charge in [-0.1, -0.05) is 0 Å². The van der Waals surface area contributed by atoms with Gasteiger partial charge in [-0.05, 0) is 0 Å². The van der Waals surface area contributed by atoms with Gasteiger partial charge >= 0.3 is 249 Å². The van der Waals surface area contributed by atoms with Gasteiger partial charge in [0.2, 0.25) is 0 Å². The molecule has 0 aliphatic rings. The van der Waals surface area contributed by atoms with Gasteiger partial charge < -0.3 is 0 Å². The van der Waals surface area contributed by atoms with Crippen LogP contribution in [-0.4, -0.2) is 45.0 Å². The van der Waals surface area contributed by atoms with Crippen molar-refractivity contribution in [3.63, 3.8) is 0 Å². The van der Waals surface area contributed by atoms with E-state index in [0.29, 0.717) is 45.6 Å². The molecule has 0 saturated heterocycles. The van der Waals surface area contributed by atoms with Crippen molar-refractivity contribution in [2.75, 3.05) is 0 Å². The molecular weight excluding hydrogens is 630 g/mol. The van der Waals surface area contributed by atoms with E-state index in [0.717, 1.165) is 6.42 Å². The van der Waals surface area contributed by atoms with E-state index in [9.17, 15) is 19.2 Å². The van der Waals surface area contributed by atoms with E-state index in [1.807, 2.05) is 84.3 Å². The van der Waals surface area contributed by atoms with Crippen LogP contribution in [-0.2, 0) is 0 Å². The molecule has 0 radical (unpaired) electrons. The zero-order valence-corrected chi connectivity index (χ0v) is 27.9. The minimum atomic E-state index is -3.73. The van der Waals surface area contributed by atoms with E-state index >= 15 is 0 Å². The molecule has 0 aliphatic carbocycles. The van der Waals surface area contributed by atoms with Gasteiger partial charge in [-0.25, -0.2) is 0 Å². The molecule has 0 saturated carbocycles. The van der Waals surface area contributed by atoms with Crippen LogP contribution in [0.5, 0.6) is 0 Å². The number of carbonyl (C=O) groups excluding carboxylic acids is 4. The number of unbranched alkanes of at least 4 members (excludes halogenated alkanes) is 2. The molecule has 0 aliphatic heterocycles. The number of hydrogen-bond acceptors (Lipinski definition) is 4. The fourth-order valence-corrected chi connectivity index (χ4v) is 19.0. The van der Waals surface area contributed by atoms with Crippen molar-refractivity contribution in [3.05, 3.63) is 144 Å². The summed E-state index contributed by atoms with van der Waals surface area (Å²) in [6.07, 6.45) is 2.19. The van der Waals surface area contributed by atoms with E-state index in [2.05, 4.69) is 0 Å². The molecule has 0 spiro atoms. The zero-order valence-electron chi connectivity index (χ0n) is 23.7. The molecule has 0 N–H and O–H groups in total. The Labute approximate surface area is 247 Å². The topological polar surface area (TPSA) is 68.3 Å². The predicted molar refractivity (Wildman–Crippen MR) is 170 cm³/mol. The Kier molecular flexibility index (Phi) is 10.5. The minimum absolute atomic E-state index is 0.000424. The first-order valence-corrected chi connectivity index (χ1v) is 25.5. The summed E-state index contributed by atoms with van der Waals surface area (Å²) in [5, 5.41) is 1.15. The van der Waals surface area contributed by atoms with Crippen molar-refractivity contribution in [1.29, 1.82) is 0 Å². The summed E-state index contributed by atoms with van der Waals surface area (Å²) in [6, 6.07) is 36.6. The molecule has 41 heavy (non-hydrogen) atoms. The van der Waals surface area contributed by atoms with E-state index in [1.54, 1.807) is 48.5 Å². The average molecular weight is 666 g/mol. The maximum absolute atomic E-state index is 13.8. The summed E-state index contributed by atoms with van der Waals surface area (Å²) in [7, 11) is 0. The predicted octanol–water partition coefficient (Wildman–Crippen LogP) is 8.00. The first-order valence-electron chi connectivity index (χ1n) is 14.2. The Morgan fingerprint density at radius 2 is 0.610 bits per heavy atom. The number of rotatable bonds is 14. The number of benzene rings is 4. The van der Waals surface area contributed by atoms with Crippen LogP contribution in [0, 0.1) is 0 Å².